The Labute approximate surface area is 223 Å². The molecule has 0 unspecified atom stereocenters. The summed E-state index contributed by atoms with van der Waals surface area (Å²) in [7, 11) is 0. The molecule has 6 heteroatoms. The van der Waals surface area contributed by atoms with E-state index < -0.39 is 17.2 Å². The summed E-state index contributed by atoms with van der Waals surface area (Å²) in [6.45, 7) is 17.0. The van der Waals surface area contributed by atoms with Crippen LogP contribution in [0.25, 0.3) is 16.2 Å². The topological polar surface area (TPSA) is 52.6 Å². The minimum absolute atomic E-state index is 0.0000799. The summed E-state index contributed by atoms with van der Waals surface area (Å²) in [4.78, 5) is 27.7. The Morgan fingerprint density at radius 1 is 1.00 bits per heavy atom. The second-order valence-electron chi connectivity index (χ2n) is 10.4. The van der Waals surface area contributed by atoms with E-state index in [1.165, 1.54) is 4.90 Å². The molecule has 0 aliphatic heterocycles. The van der Waals surface area contributed by atoms with Crippen molar-refractivity contribution in [3.63, 3.8) is 0 Å². The number of carbonyl (C=O) groups is 2. The van der Waals surface area contributed by atoms with Crippen molar-refractivity contribution in [2.75, 3.05) is 5.75 Å². The molecular weight excluding hydrogens is 488 g/mol. The number of ketones is 1. The summed E-state index contributed by atoms with van der Waals surface area (Å²) in [5.74, 6) is 1.25. The van der Waals surface area contributed by atoms with Gasteiger partial charge in [0.05, 0.1) is 4.88 Å². The number of thioether (sulfide) groups is 1. The van der Waals surface area contributed by atoms with Crippen LogP contribution in [0.15, 0.2) is 41.3 Å². The van der Waals surface area contributed by atoms with E-state index >= 15 is 0 Å². The van der Waals surface area contributed by atoms with Gasteiger partial charge in [-0.15, -0.1) is 23.1 Å². The monoisotopic (exact) mass is 524 g/mol. The fourth-order valence-corrected chi connectivity index (χ4v) is 5.83. The third-order valence-electron chi connectivity index (χ3n) is 5.60. The molecule has 0 aliphatic carbocycles. The molecular formula is C30H36O4S2. The summed E-state index contributed by atoms with van der Waals surface area (Å²) < 4.78 is 12.8. The van der Waals surface area contributed by atoms with E-state index in [4.69, 9.17) is 9.47 Å². The molecule has 0 bridgehead atoms. The van der Waals surface area contributed by atoms with Crippen molar-refractivity contribution >= 4 is 51.0 Å². The van der Waals surface area contributed by atoms with Crippen molar-refractivity contribution in [2.45, 2.75) is 78.4 Å². The summed E-state index contributed by atoms with van der Waals surface area (Å²) in [6, 6.07) is 10.3. The lowest BCUT2D eigenvalue weighted by Gasteiger charge is -2.30. The highest BCUT2D eigenvalue weighted by molar-refractivity contribution is 7.99. The van der Waals surface area contributed by atoms with Crippen molar-refractivity contribution in [2.24, 2.45) is 0 Å². The van der Waals surface area contributed by atoms with Crippen LogP contribution in [-0.2, 0) is 9.53 Å². The first-order valence-electron chi connectivity index (χ1n) is 12.1. The van der Waals surface area contributed by atoms with Gasteiger partial charge in [0, 0.05) is 9.60 Å². The van der Waals surface area contributed by atoms with Gasteiger partial charge in [-0.2, -0.15) is 0 Å². The second-order valence-corrected chi connectivity index (χ2v) is 12.8. The van der Waals surface area contributed by atoms with Gasteiger partial charge in [0.1, 0.15) is 11.4 Å². The predicted molar refractivity (Wildman–Crippen MR) is 153 cm³/mol. The number of thiophene rings is 1. The van der Waals surface area contributed by atoms with E-state index in [1.807, 2.05) is 59.8 Å². The van der Waals surface area contributed by atoms with E-state index in [1.54, 1.807) is 43.0 Å². The molecule has 0 aliphatic rings. The number of carbonyl (C=O) groups excluding carboxylic acids is 2. The maximum absolute atomic E-state index is 13.1. The van der Waals surface area contributed by atoms with Gasteiger partial charge in [-0.3, -0.25) is 4.79 Å². The van der Waals surface area contributed by atoms with Gasteiger partial charge in [0.2, 0.25) is 0 Å². The zero-order chi connectivity index (χ0) is 26.8. The molecule has 0 amide bonds. The maximum Gasteiger partial charge on any atom is 0.350 e. The second kappa shape index (κ2) is 10.8. The molecule has 1 aromatic heterocycles. The third kappa shape index (κ3) is 6.60. The van der Waals surface area contributed by atoms with Crippen molar-refractivity contribution in [1.82, 2.24) is 0 Å². The molecule has 1 heterocycles. The first kappa shape index (κ1) is 28.0. The van der Waals surface area contributed by atoms with Crippen molar-refractivity contribution in [1.29, 1.82) is 0 Å². The first-order valence-corrected chi connectivity index (χ1v) is 13.9. The first-order chi connectivity index (χ1) is 16.7. The number of rotatable bonds is 8. The number of hydrogen-bond acceptors (Lipinski definition) is 6. The molecule has 0 radical (unpaired) electrons. The Hall–Kier alpha value is -2.57. The fourth-order valence-electron chi connectivity index (χ4n) is 3.88. The minimum atomic E-state index is -1.13. The van der Waals surface area contributed by atoms with E-state index in [0.717, 1.165) is 43.0 Å². The zero-order valence-electron chi connectivity index (χ0n) is 22.7. The molecule has 0 N–H and O–H groups in total. The lowest BCUT2D eigenvalue weighted by molar-refractivity contribution is -0.171. The Bertz CT molecular complexity index is 1300. The summed E-state index contributed by atoms with van der Waals surface area (Å²) in [5.41, 5.74) is 1.98. The van der Waals surface area contributed by atoms with Crippen LogP contribution in [0.4, 0.5) is 0 Å². The fraction of sp³-hybridized carbons (Fsp3) is 0.400. The maximum atomic E-state index is 13.1. The zero-order valence-corrected chi connectivity index (χ0v) is 24.3. The Balaban J connectivity index is 1.81. The summed E-state index contributed by atoms with van der Waals surface area (Å²) >= 11 is 3.35. The quantitative estimate of drug-likeness (QED) is 0.128. The van der Waals surface area contributed by atoms with Crippen LogP contribution in [0.3, 0.4) is 0 Å². The number of fused-ring (bicyclic) bond motifs is 1. The van der Waals surface area contributed by atoms with Crippen molar-refractivity contribution in [3.8, 4) is 5.75 Å². The molecule has 3 rings (SSSR count). The number of allylic oxidation sites excluding steroid dienone is 1. The lowest BCUT2D eigenvalue weighted by Crippen LogP contribution is -2.43. The van der Waals surface area contributed by atoms with E-state index in [2.05, 4.69) is 25.1 Å². The van der Waals surface area contributed by atoms with E-state index in [-0.39, 0.29) is 5.78 Å². The Morgan fingerprint density at radius 2 is 1.64 bits per heavy atom. The van der Waals surface area contributed by atoms with Crippen LogP contribution in [0, 0.1) is 20.8 Å². The summed E-state index contributed by atoms with van der Waals surface area (Å²) in [5, 5.41) is 1.14. The number of ether oxygens (including phenoxy) is 2. The molecule has 4 nitrogen and oxygen atoms in total. The minimum Gasteiger partial charge on any atom is -0.476 e. The molecule has 2 aromatic carbocycles. The highest BCUT2D eigenvalue weighted by Gasteiger charge is 2.35. The van der Waals surface area contributed by atoms with Crippen LogP contribution in [0.2, 0.25) is 0 Å². The normalized spacial score (nSPS) is 12.4. The Kier molecular flexibility index (Phi) is 8.41. The number of aryl methyl sites for hydroxylation is 3. The average molecular weight is 525 g/mol. The van der Waals surface area contributed by atoms with Gasteiger partial charge in [0.25, 0.3) is 0 Å². The Morgan fingerprint density at radius 3 is 2.22 bits per heavy atom. The van der Waals surface area contributed by atoms with Gasteiger partial charge in [-0.25, -0.2) is 4.79 Å². The number of esters is 1. The van der Waals surface area contributed by atoms with Crippen LogP contribution in [0.1, 0.15) is 73.5 Å². The van der Waals surface area contributed by atoms with Gasteiger partial charge < -0.3 is 9.47 Å². The van der Waals surface area contributed by atoms with Crippen LogP contribution < -0.4 is 4.74 Å². The third-order valence-corrected chi connectivity index (χ3v) is 7.75. The van der Waals surface area contributed by atoms with Crippen LogP contribution in [0.5, 0.6) is 5.75 Å². The number of benzene rings is 2. The van der Waals surface area contributed by atoms with Crippen LogP contribution in [-0.4, -0.2) is 28.7 Å². The summed E-state index contributed by atoms with van der Waals surface area (Å²) in [6.07, 6.45) is 3.48. The van der Waals surface area contributed by atoms with Crippen molar-refractivity contribution < 1.29 is 19.1 Å². The SMILES string of the molecule is CCSc1ccc2c(C)c(C(=O)/C=C/c3cc(C)c(OC(C)(C)C(=O)OC(C)(C)C)c(C)c3)sc2c1. The van der Waals surface area contributed by atoms with Crippen molar-refractivity contribution in [3.05, 3.63) is 63.5 Å². The van der Waals surface area contributed by atoms with Gasteiger partial charge in [-0.05, 0) is 119 Å². The molecule has 0 spiro atoms. The molecule has 0 saturated heterocycles. The lowest BCUT2D eigenvalue weighted by atomic mass is 10.0. The molecule has 0 atom stereocenters. The smallest absolute Gasteiger partial charge is 0.350 e. The molecule has 192 valence electrons. The standard InChI is InChI=1S/C30H36O4S2/c1-10-35-22-12-13-23-20(4)27(36-25(23)17-22)24(31)14-11-21-15-18(2)26(19(3)16-21)33-30(8,9)28(32)34-29(5,6)7/h11-17H,10H2,1-9H3/b14-11+. The van der Waals surface area contributed by atoms with Crippen LogP contribution >= 0.6 is 23.1 Å². The average Bonchev–Trinajstić information content (AvgIpc) is 3.09. The highest BCUT2D eigenvalue weighted by atomic mass is 32.2. The van der Waals surface area contributed by atoms with Gasteiger partial charge in [-0.1, -0.05) is 19.1 Å². The highest BCUT2D eigenvalue weighted by Crippen LogP contribution is 2.35. The largest absolute Gasteiger partial charge is 0.476 e. The molecule has 36 heavy (non-hydrogen) atoms. The molecule has 0 fully saturated rings. The van der Waals surface area contributed by atoms with E-state index in [9.17, 15) is 9.59 Å². The molecule has 0 saturated carbocycles. The van der Waals surface area contributed by atoms with E-state index in [0.29, 0.717) is 5.75 Å². The van der Waals surface area contributed by atoms with Gasteiger partial charge in [0.15, 0.2) is 11.4 Å². The predicted octanol–water partition coefficient (Wildman–Crippen LogP) is 8.33. The molecule has 3 aromatic rings. The van der Waals surface area contributed by atoms with Gasteiger partial charge >= 0.3 is 5.97 Å². The number of hydrogen-bond donors (Lipinski definition) is 0.